The van der Waals surface area contributed by atoms with E-state index in [0.717, 1.165) is 24.2 Å². The van der Waals surface area contributed by atoms with Crippen LogP contribution in [0.4, 0.5) is 0 Å². The van der Waals surface area contributed by atoms with Gasteiger partial charge in [0, 0.05) is 25.1 Å². The van der Waals surface area contributed by atoms with Gasteiger partial charge in [-0.1, -0.05) is 19.9 Å². The van der Waals surface area contributed by atoms with Gasteiger partial charge in [0.15, 0.2) is 0 Å². The third kappa shape index (κ3) is 4.14. The number of hydrogen-bond acceptors (Lipinski definition) is 4. The number of pyridine rings is 1. The Bertz CT molecular complexity index is 582. The third-order valence-corrected chi connectivity index (χ3v) is 4.75. The zero-order chi connectivity index (χ0) is 17.2. The zero-order valence-electron chi connectivity index (χ0n) is 15.0. The van der Waals surface area contributed by atoms with E-state index in [-0.39, 0.29) is 17.6 Å². The molecule has 0 radical (unpaired) electrons. The largest absolute Gasteiger partial charge is 0.372 e. The second-order valence-electron chi connectivity index (χ2n) is 7.58. The number of rotatable bonds is 5. The van der Waals surface area contributed by atoms with Gasteiger partial charge in [-0.3, -0.25) is 9.78 Å². The fourth-order valence-corrected chi connectivity index (χ4v) is 3.53. The summed E-state index contributed by atoms with van der Waals surface area (Å²) in [4.78, 5) is 18.5. The summed E-state index contributed by atoms with van der Waals surface area (Å²) in [7, 11) is 0. The van der Waals surface area contributed by atoms with E-state index in [2.05, 4.69) is 18.8 Å². The second-order valence-corrected chi connectivity index (χ2v) is 7.58. The smallest absolute Gasteiger partial charge is 0.223 e. The molecule has 5 nitrogen and oxygen atoms in total. The number of hydrogen-bond donors (Lipinski definition) is 0. The van der Waals surface area contributed by atoms with E-state index in [1.807, 2.05) is 30.0 Å². The predicted molar refractivity (Wildman–Crippen MR) is 91.5 cm³/mol. The highest BCUT2D eigenvalue weighted by molar-refractivity contribution is 5.77. The van der Waals surface area contributed by atoms with Crippen molar-refractivity contribution in [2.24, 2.45) is 5.92 Å². The van der Waals surface area contributed by atoms with Gasteiger partial charge in [0.1, 0.15) is 5.60 Å². The van der Waals surface area contributed by atoms with Gasteiger partial charge in [-0.2, -0.15) is 0 Å². The molecule has 2 saturated heterocycles. The SMILES string of the molecule is Cc1cccc(CO[C@@H]2CCOC3(C2)CN(C(=O)CC(C)C)C3)n1. The summed E-state index contributed by atoms with van der Waals surface area (Å²) in [6.45, 7) is 8.81. The number of carbonyl (C=O) groups is 1. The highest BCUT2D eigenvalue weighted by Crippen LogP contribution is 2.36. The molecule has 0 aliphatic carbocycles. The maximum atomic E-state index is 12.1. The van der Waals surface area contributed by atoms with Crippen LogP contribution in [0, 0.1) is 12.8 Å². The number of amides is 1. The molecule has 1 aromatic rings. The van der Waals surface area contributed by atoms with Gasteiger partial charge in [-0.05, 0) is 31.4 Å². The Morgan fingerprint density at radius 3 is 2.96 bits per heavy atom. The molecule has 2 aliphatic rings. The molecule has 5 heteroatoms. The number of aromatic nitrogens is 1. The first-order valence-electron chi connectivity index (χ1n) is 8.92. The number of carbonyl (C=O) groups excluding carboxylic acids is 1. The molecule has 0 bridgehead atoms. The molecule has 0 N–H and O–H groups in total. The molecule has 24 heavy (non-hydrogen) atoms. The second kappa shape index (κ2) is 7.19. The molecule has 1 amide bonds. The van der Waals surface area contributed by atoms with Crippen LogP contribution in [0.25, 0.3) is 0 Å². The fraction of sp³-hybridized carbons (Fsp3) is 0.684. The Hall–Kier alpha value is -1.46. The molecule has 2 fully saturated rings. The van der Waals surface area contributed by atoms with Crippen molar-refractivity contribution in [3.05, 3.63) is 29.6 Å². The lowest BCUT2D eigenvalue weighted by Gasteiger charge is -2.53. The molecule has 2 aliphatic heterocycles. The first-order chi connectivity index (χ1) is 11.5. The Labute approximate surface area is 144 Å². The highest BCUT2D eigenvalue weighted by atomic mass is 16.5. The lowest BCUT2D eigenvalue weighted by atomic mass is 9.84. The van der Waals surface area contributed by atoms with Crippen LogP contribution >= 0.6 is 0 Å². The molecule has 0 unspecified atom stereocenters. The molecular weight excluding hydrogens is 304 g/mol. The Morgan fingerprint density at radius 1 is 1.46 bits per heavy atom. The molecule has 1 atom stereocenters. The minimum Gasteiger partial charge on any atom is -0.372 e. The maximum Gasteiger partial charge on any atom is 0.223 e. The summed E-state index contributed by atoms with van der Waals surface area (Å²) in [6, 6.07) is 6.00. The topological polar surface area (TPSA) is 51.7 Å². The van der Waals surface area contributed by atoms with Crippen molar-refractivity contribution < 1.29 is 14.3 Å². The number of likely N-dealkylation sites (tertiary alicyclic amines) is 1. The quantitative estimate of drug-likeness (QED) is 0.832. The van der Waals surface area contributed by atoms with Crippen molar-refractivity contribution >= 4 is 5.91 Å². The van der Waals surface area contributed by atoms with E-state index < -0.39 is 0 Å². The van der Waals surface area contributed by atoms with Crippen LogP contribution in [0.15, 0.2) is 18.2 Å². The molecule has 3 rings (SSSR count). The Balaban J connectivity index is 1.48. The molecule has 3 heterocycles. The van der Waals surface area contributed by atoms with Gasteiger partial charge in [0.25, 0.3) is 0 Å². The summed E-state index contributed by atoms with van der Waals surface area (Å²) >= 11 is 0. The zero-order valence-corrected chi connectivity index (χ0v) is 15.0. The third-order valence-electron chi connectivity index (χ3n) is 4.75. The van der Waals surface area contributed by atoms with Gasteiger partial charge in [-0.15, -0.1) is 0 Å². The van der Waals surface area contributed by atoms with E-state index >= 15 is 0 Å². The summed E-state index contributed by atoms with van der Waals surface area (Å²) in [5.41, 5.74) is 1.80. The van der Waals surface area contributed by atoms with Crippen molar-refractivity contribution in [1.82, 2.24) is 9.88 Å². The van der Waals surface area contributed by atoms with Crippen LogP contribution in [0.1, 0.15) is 44.5 Å². The predicted octanol–water partition coefficient (Wildman–Crippen LogP) is 2.71. The number of nitrogens with zero attached hydrogens (tertiary/aromatic N) is 2. The monoisotopic (exact) mass is 332 g/mol. The fourth-order valence-electron chi connectivity index (χ4n) is 3.53. The van der Waals surface area contributed by atoms with Crippen molar-refractivity contribution in [1.29, 1.82) is 0 Å². The standard InChI is InChI=1S/C19H28N2O3/c1-14(2)9-18(22)21-12-19(13-21)10-17(7-8-24-19)23-11-16-6-4-5-15(3)20-16/h4-6,14,17H,7-13H2,1-3H3/t17-/m1/s1. The minimum atomic E-state index is -0.185. The van der Waals surface area contributed by atoms with Crippen LogP contribution < -0.4 is 0 Å². The van der Waals surface area contributed by atoms with E-state index in [1.165, 1.54) is 0 Å². The Morgan fingerprint density at radius 2 is 2.25 bits per heavy atom. The lowest BCUT2D eigenvalue weighted by molar-refractivity contribution is -0.203. The summed E-state index contributed by atoms with van der Waals surface area (Å²) in [5.74, 6) is 0.644. The normalized spacial score (nSPS) is 22.7. The van der Waals surface area contributed by atoms with Crippen molar-refractivity contribution in [3.8, 4) is 0 Å². The van der Waals surface area contributed by atoms with Gasteiger partial charge < -0.3 is 14.4 Å². The van der Waals surface area contributed by atoms with Gasteiger partial charge in [0.05, 0.1) is 31.5 Å². The summed E-state index contributed by atoms with van der Waals surface area (Å²) in [5, 5.41) is 0. The van der Waals surface area contributed by atoms with Crippen LogP contribution in [0.3, 0.4) is 0 Å². The van der Waals surface area contributed by atoms with Crippen LogP contribution in [0.5, 0.6) is 0 Å². The first kappa shape index (κ1) is 17.4. The van der Waals surface area contributed by atoms with E-state index in [9.17, 15) is 4.79 Å². The van der Waals surface area contributed by atoms with E-state index in [0.29, 0.717) is 38.6 Å². The minimum absolute atomic E-state index is 0.184. The van der Waals surface area contributed by atoms with E-state index in [1.54, 1.807) is 0 Å². The van der Waals surface area contributed by atoms with Crippen LogP contribution in [-0.4, -0.2) is 47.2 Å². The highest BCUT2D eigenvalue weighted by Gasteiger charge is 2.49. The molecule has 0 aromatic carbocycles. The average Bonchev–Trinajstić information content (AvgIpc) is 2.50. The van der Waals surface area contributed by atoms with Crippen molar-refractivity contribution in [3.63, 3.8) is 0 Å². The molecule has 0 saturated carbocycles. The molecule has 1 aromatic heterocycles. The van der Waals surface area contributed by atoms with Gasteiger partial charge >= 0.3 is 0 Å². The molecular formula is C19H28N2O3. The Kier molecular flexibility index (Phi) is 5.21. The van der Waals surface area contributed by atoms with Crippen LogP contribution in [-0.2, 0) is 20.9 Å². The van der Waals surface area contributed by atoms with Crippen molar-refractivity contribution in [2.45, 2.75) is 58.3 Å². The summed E-state index contributed by atoms with van der Waals surface area (Å²) < 4.78 is 12.1. The van der Waals surface area contributed by atoms with E-state index in [4.69, 9.17) is 9.47 Å². The molecule has 132 valence electrons. The average molecular weight is 332 g/mol. The number of aryl methyl sites for hydroxylation is 1. The maximum absolute atomic E-state index is 12.1. The van der Waals surface area contributed by atoms with Crippen molar-refractivity contribution in [2.75, 3.05) is 19.7 Å². The lowest BCUT2D eigenvalue weighted by Crippen LogP contribution is -2.67. The summed E-state index contributed by atoms with van der Waals surface area (Å²) in [6.07, 6.45) is 2.58. The van der Waals surface area contributed by atoms with Gasteiger partial charge in [0.2, 0.25) is 5.91 Å². The molecule has 1 spiro atoms. The first-order valence-corrected chi connectivity index (χ1v) is 8.92. The number of ether oxygens (including phenoxy) is 2. The van der Waals surface area contributed by atoms with Gasteiger partial charge in [-0.25, -0.2) is 0 Å². The van der Waals surface area contributed by atoms with Crippen LogP contribution in [0.2, 0.25) is 0 Å².